The van der Waals surface area contributed by atoms with Crippen LogP contribution >= 0.6 is 0 Å². The molecule has 0 aliphatic carbocycles. The molecule has 0 radical (unpaired) electrons. The minimum absolute atomic E-state index is 0.256. The molecule has 0 saturated carbocycles. The molecule has 4 heterocycles. The highest BCUT2D eigenvalue weighted by atomic mass is 32.2. The van der Waals surface area contributed by atoms with Crippen molar-refractivity contribution < 1.29 is 71.0 Å². The van der Waals surface area contributed by atoms with Crippen LogP contribution in [0, 0.1) is 0 Å². The molecule has 0 unspecified atom stereocenters. The number of pyridine rings is 4. The molecule has 2 amide bonds. The van der Waals surface area contributed by atoms with Gasteiger partial charge in [-0.3, -0.25) is 14.1 Å². The van der Waals surface area contributed by atoms with Crippen molar-refractivity contribution in [3.8, 4) is 0 Å². The summed E-state index contributed by atoms with van der Waals surface area (Å²) >= 11 is 0. The summed E-state index contributed by atoms with van der Waals surface area (Å²) in [5.74, 6) is -0.662. The molecule has 7 rings (SSSR count). The molecule has 58 heavy (non-hydrogen) atoms. The number of nitrogens with zero attached hydrogens (tertiary/aromatic N) is 4. The Morgan fingerprint density at radius 1 is 0.603 bits per heavy atom. The molecule has 3 N–H and O–H groups in total. The molecule has 302 valence electrons. The first-order valence-corrected chi connectivity index (χ1v) is 18.9. The van der Waals surface area contributed by atoms with Gasteiger partial charge in [0.15, 0.2) is 22.5 Å². The fraction of sp³-hybridized carbons (Fsp3) is 0.111. The lowest BCUT2D eigenvalue weighted by Crippen LogP contribution is -2.29. The second-order valence-electron chi connectivity index (χ2n) is 12.1. The van der Waals surface area contributed by atoms with E-state index in [4.69, 9.17) is 35.9 Å². The number of aryl methyl sites for hydroxylation is 2. The fourth-order valence-electron chi connectivity index (χ4n) is 5.38. The summed E-state index contributed by atoms with van der Waals surface area (Å²) < 4.78 is 120. The summed E-state index contributed by atoms with van der Waals surface area (Å²) in [5, 5.41) is 9.62. The Balaban J connectivity index is 0.000000339. The van der Waals surface area contributed by atoms with Gasteiger partial charge in [0.1, 0.15) is 36.9 Å². The summed E-state index contributed by atoms with van der Waals surface area (Å²) in [4.78, 5) is 35.9. The van der Waals surface area contributed by atoms with Crippen molar-refractivity contribution in [2.75, 3.05) is 10.6 Å². The van der Waals surface area contributed by atoms with Gasteiger partial charge in [0.05, 0.1) is 11.0 Å². The lowest BCUT2D eigenvalue weighted by molar-refractivity contribution is -0.644. The monoisotopic (exact) mass is 849 g/mol. The van der Waals surface area contributed by atoms with Crippen LogP contribution in [0.3, 0.4) is 0 Å². The number of aromatic nitrogens is 4. The third kappa shape index (κ3) is 9.95. The zero-order valence-corrected chi connectivity index (χ0v) is 31.2. The van der Waals surface area contributed by atoms with Gasteiger partial charge in [-0.25, -0.2) is 18.4 Å². The first kappa shape index (κ1) is 42.8. The van der Waals surface area contributed by atoms with Crippen molar-refractivity contribution in [1.82, 2.24) is 9.97 Å². The van der Waals surface area contributed by atoms with Gasteiger partial charge in [-0.1, -0.05) is 48.5 Å². The number of para-hydroxylation sites is 2. The average molecular weight is 850 g/mol. The zero-order valence-electron chi connectivity index (χ0n) is 29.6. The van der Waals surface area contributed by atoms with E-state index in [1.165, 1.54) is 0 Å². The van der Waals surface area contributed by atoms with Gasteiger partial charge in [-0.05, 0) is 36.4 Å². The number of hydrogen-bond donors (Lipinski definition) is 3. The molecule has 0 bridgehead atoms. The van der Waals surface area contributed by atoms with Crippen LogP contribution in [0.4, 0.5) is 37.7 Å². The molecule has 4 aromatic heterocycles. The van der Waals surface area contributed by atoms with Gasteiger partial charge in [-0.2, -0.15) is 43.9 Å². The lowest BCUT2D eigenvalue weighted by Gasteiger charge is -2.09. The molecule has 0 spiro atoms. The van der Waals surface area contributed by atoms with Crippen LogP contribution in [0.15, 0.2) is 109 Å². The van der Waals surface area contributed by atoms with Crippen LogP contribution in [-0.2, 0) is 34.3 Å². The Morgan fingerprint density at radius 2 is 0.931 bits per heavy atom. The van der Waals surface area contributed by atoms with E-state index in [-0.39, 0.29) is 23.2 Å². The van der Waals surface area contributed by atoms with Crippen LogP contribution in [0.2, 0.25) is 0 Å². The molecule has 0 atom stereocenters. The van der Waals surface area contributed by atoms with Crippen molar-refractivity contribution in [1.29, 1.82) is 0 Å². The Labute approximate surface area is 323 Å². The van der Waals surface area contributed by atoms with Crippen LogP contribution in [0.1, 0.15) is 21.0 Å². The lowest BCUT2D eigenvalue weighted by atomic mass is 10.1. The maximum Gasteiger partial charge on any atom is 0.522 e. The van der Waals surface area contributed by atoms with Crippen LogP contribution in [0.25, 0.3) is 43.6 Å². The van der Waals surface area contributed by atoms with Gasteiger partial charge in [0, 0.05) is 33.7 Å². The minimum Gasteiger partial charge on any atom is -0.741 e. The summed E-state index contributed by atoms with van der Waals surface area (Å²) in [7, 11) is -8.05. The number of benzene rings is 3. The molecule has 0 aliphatic heterocycles. The van der Waals surface area contributed by atoms with Gasteiger partial charge >= 0.3 is 21.1 Å². The Hall–Kier alpha value is -6.36. The maximum atomic E-state index is 13.3. The number of carbonyl (C=O) groups is 2. The molecule has 0 fully saturated rings. The summed E-state index contributed by atoms with van der Waals surface area (Å²) in [6.07, 6.45) is 3.75. The number of rotatable bonds is 4. The molecule has 0 aliphatic rings. The quantitative estimate of drug-likeness (QED) is 0.0650. The first-order valence-electron chi connectivity index (χ1n) is 16.1. The van der Waals surface area contributed by atoms with E-state index in [0.29, 0.717) is 22.4 Å². The van der Waals surface area contributed by atoms with E-state index in [9.17, 15) is 35.9 Å². The van der Waals surface area contributed by atoms with Crippen molar-refractivity contribution in [2.45, 2.75) is 11.0 Å². The van der Waals surface area contributed by atoms with Crippen molar-refractivity contribution in [3.63, 3.8) is 0 Å². The van der Waals surface area contributed by atoms with Gasteiger partial charge in [0.25, 0.3) is 11.8 Å². The maximum absolute atomic E-state index is 13.3. The SMILES string of the molecule is C[n+]1cc(NC(=O)c2ccc3ccc4ccc(C(=O)Nc5cc6ccccc6[n+](C)c5)nc4c3n2)cc2ccccc21.O=S(=O)(O)C(F)(F)F.O=S(=O)([O-])C(F)(F)F. The zero-order chi connectivity index (χ0) is 42.8. The second kappa shape index (κ2) is 16.2. The summed E-state index contributed by atoms with van der Waals surface area (Å²) in [6.45, 7) is 0. The Kier molecular flexibility index (Phi) is 12.0. The number of hydrogen-bond acceptors (Lipinski definition) is 9. The molecule has 22 heteroatoms. The number of nitrogens with one attached hydrogen (secondary N) is 2. The van der Waals surface area contributed by atoms with Crippen LogP contribution in [-0.4, -0.2) is 58.7 Å². The molecular weight excluding hydrogens is 823 g/mol. The number of amides is 2. The van der Waals surface area contributed by atoms with Crippen molar-refractivity contribution in [3.05, 3.63) is 121 Å². The van der Waals surface area contributed by atoms with E-state index in [2.05, 4.69) is 10.6 Å². The summed E-state index contributed by atoms with van der Waals surface area (Å²) in [5.41, 5.74) is -6.11. The highest BCUT2D eigenvalue weighted by Crippen LogP contribution is 2.25. The topological polar surface area (TPSA) is 203 Å². The number of halogens is 6. The molecule has 0 saturated heterocycles. The number of fused-ring (bicyclic) bond motifs is 5. The van der Waals surface area contributed by atoms with E-state index in [1.807, 2.05) is 121 Å². The van der Waals surface area contributed by atoms with Gasteiger partial charge in [-0.15, -0.1) is 0 Å². The third-order valence-corrected chi connectivity index (χ3v) is 9.15. The van der Waals surface area contributed by atoms with E-state index >= 15 is 0 Å². The largest absolute Gasteiger partial charge is 0.741 e. The predicted octanol–water partition coefficient (Wildman–Crippen LogP) is 5.69. The van der Waals surface area contributed by atoms with E-state index in [1.54, 1.807) is 12.1 Å². The van der Waals surface area contributed by atoms with Crippen molar-refractivity contribution >= 4 is 87.0 Å². The number of carbonyl (C=O) groups excluding carboxylic acids is 2. The van der Waals surface area contributed by atoms with E-state index < -0.39 is 31.3 Å². The van der Waals surface area contributed by atoms with Crippen LogP contribution < -0.4 is 19.8 Å². The number of anilines is 2. The highest BCUT2D eigenvalue weighted by Gasteiger charge is 2.44. The Morgan fingerprint density at radius 3 is 1.26 bits per heavy atom. The van der Waals surface area contributed by atoms with Crippen LogP contribution in [0.5, 0.6) is 0 Å². The second-order valence-corrected chi connectivity index (χ2v) is 14.9. The highest BCUT2D eigenvalue weighted by molar-refractivity contribution is 7.86. The number of alkyl halides is 6. The predicted molar refractivity (Wildman–Crippen MR) is 197 cm³/mol. The smallest absolute Gasteiger partial charge is 0.522 e. The molecular formula is C36H27F6N6O8S2+. The minimum atomic E-state index is -6.09. The Bertz CT molecular complexity index is 2770. The van der Waals surface area contributed by atoms with E-state index in [0.717, 1.165) is 32.6 Å². The summed E-state index contributed by atoms with van der Waals surface area (Å²) in [6, 6.07) is 30.8. The third-order valence-electron chi connectivity index (χ3n) is 8.00. The van der Waals surface area contributed by atoms with Crippen molar-refractivity contribution in [2.24, 2.45) is 14.1 Å². The first-order chi connectivity index (χ1) is 26.9. The average Bonchev–Trinajstić information content (AvgIpc) is 3.13. The van der Waals surface area contributed by atoms with Gasteiger partial charge in [0.2, 0.25) is 11.0 Å². The fourth-order valence-corrected chi connectivity index (χ4v) is 5.38. The standard InChI is InChI=1S/C34H24N6O2.2CHF3O3S/c1-39-19-25(17-23-7-3-5-9-29(23)39)35-33(41)27-15-13-21-11-12-22-14-16-28(38-32(22)31(21)37-27)34(42)36-26-18-24-8-4-6-10-30(24)40(2)20-26;2*2-1(3,4)8(5,6)7/h3-20H,1-2H3;2*(H,5,6,7)/p+1. The molecule has 3 aromatic carbocycles. The van der Waals surface area contributed by atoms with Gasteiger partial charge < -0.3 is 15.2 Å². The normalized spacial score (nSPS) is 12.0. The molecule has 7 aromatic rings. The molecule has 14 nitrogen and oxygen atoms in total.